The largest absolute Gasteiger partial charge is 0.489 e. The van der Waals surface area contributed by atoms with E-state index in [1.165, 1.54) is 5.56 Å². The number of benzene rings is 2. The van der Waals surface area contributed by atoms with Crippen LogP contribution < -0.4 is 10.5 Å². The third-order valence-electron chi connectivity index (χ3n) is 2.78. The Hall–Kier alpha value is -1.96. The molecule has 2 aromatic carbocycles. The molecule has 2 N–H and O–H groups in total. The van der Waals surface area contributed by atoms with Gasteiger partial charge < -0.3 is 10.5 Å². The lowest BCUT2D eigenvalue weighted by Gasteiger charge is -2.08. The maximum Gasteiger partial charge on any atom is 0.121 e. The lowest BCUT2D eigenvalue weighted by Crippen LogP contribution is -1.97. The van der Waals surface area contributed by atoms with Crippen molar-refractivity contribution in [3.63, 3.8) is 0 Å². The normalized spacial score (nSPS) is 10.2. The summed E-state index contributed by atoms with van der Waals surface area (Å²) in [4.78, 5) is 0. The van der Waals surface area contributed by atoms with E-state index < -0.39 is 0 Å². The number of nitrogen functional groups attached to an aromatic ring is 1. The quantitative estimate of drug-likeness (QED) is 0.815. The van der Waals surface area contributed by atoms with Crippen molar-refractivity contribution < 1.29 is 4.74 Å². The molecular weight excluding hydrogens is 210 g/mol. The van der Waals surface area contributed by atoms with Gasteiger partial charge in [-0.3, -0.25) is 0 Å². The standard InChI is InChI=1S/C15H17NO/c1-11-3-6-13(7-4-11)10-17-14-8-5-12(2)15(16)9-14/h3-9H,10,16H2,1-2H3. The van der Waals surface area contributed by atoms with Crippen LogP contribution in [0.15, 0.2) is 42.5 Å². The molecule has 2 heteroatoms. The van der Waals surface area contributed by atoms with Crippen molar-refractivity contribution in [1.82, 2.24) is 0 Å². The Kier molecular flexibility index (Phi) is 3.33. The first-order chi connectivity index (χ1) is 8.15. The molecule has 2 rings (SSSR count). The molecule has 0 aromatic heterocycles. The van der Waals surface area contributed by atoms with Crippen LogP contribution in [0.4, 0.5) is 5.69 Å². The van der Waals surface area contributed by atoms with Gasteiger partial charge in [-0.2, -0.15) is 0 Å². The van der Waals surface area contributed by atoms with Gasteiger partial charge in [0.15, 0.2) is 0 Å². The van der Waals surface area contributed by atoms with Gasteiger partial charge in [-0.25, -0.2) is 0 Å². The maximum atomic E-state index is 5.83. The number of hydrogen-bond acceptors (Lipinski definition) is 2. The smallest absolute Gasteiger partial charge is 0.121 e. The van der Waals surface area contributed by atoms with E-state index in [1.54, 1.807) is 0 Å². The number of aryl methyl sites for hydroxylation is 2. The van der Waals surface area contributed by atoms with E-state index in [-0.39, 0.29) is 0 Å². The summed E-state index contributed by atoms with van der Waals surface area (Å²) < 4.78 is 5.69. The summed E-state index contributed by atoms with van der Waals surface area (Å²) in [7, 11) is 0. The van der Waals surface area contributed by atoms with Crippen LogP contribution in [0.1, 0.15) is 16.7 Å². The van der Waals surface area contributed by atoms with Crippen LogP contribution in [-0.4, -0.2) is 0 Å². The number of nitrogens with two attached hydrogens (primary N) is 1. The SMILES string of the molecule is Cc1ccc(COc2ccc(C)c(N)c2)cc1. The Morgan fingerprint density at radius 2 is 1.71 bits per heavy atom. The third-order valence-corrected chi connectivity index (χ3v) is 2.78. The summed E-state index contributed by atoms with van der Waals surface area (Å²) in [6.07, 6.45) is 0. The second-order valence-electron chi connectivity index (χ2n) is 4.29. The molecular formula is C15H17NO. The summed E-state index contributed by atoms with van der Waals surface area (Å²) in [6, 6.07) is 14.1. The molecule has 0 bridgehead atoms. The molecule has 0 aliphatic heterocycles. The van der Waals surface area contributed by atoms with Gasteiger partial charge in [0.1, 0.15) is 12.4 Å². The Morgan fingerprint density at radius 1 is 1.00 bits per heavy atom. The van der Waals surface area contributed by atoms with Crippen LogP contribution in [0, 0.1) is 13.8 Å². The highest BCUT2D eigenvalue weighted by Crippen LogP contribution is 2.20. The van der Waals surface area contributed by atoms with E-state index in [0.29, 0.717) is 6.61 Å². The first-order valence-corrected chi connectivity index (χ1v) is 5.69. The van der Waals surface area contributed by atoms with E-state index in [0.717, 1.165) is 22.6 Å². The highest BCUT2D eigenvalue weighted by Gasteiger charge is 1.98. The van der Waals surface area contributed by atoms with Gasteiger partial charge in [0.25, 0.3) is 0 Å². The molecule has 0 aliphatic carbocycles. The molecule has 88 valence electrons. The Balaban J connectivity index is 2.02. The van der Waals surface area contributed by atoms with Gasteiger partial charge in [0, 0.05) is 11.8 Å². The van der Waals surface area contributed by atoms with Crippen molar-refractivity contribution in [3.05, 3.63) is 59.2 Å². The molecule has 0 unspecified atom stereocenters. The summed E-state index contributed by atoms with van der Waals surface area (Å²) in [6.45, 7) is 4.63. The van der Waals surface area contributed by atoms with Crippen molar-refractivity contribution in [2.45, 2.75) is 20.5 Å². The third kappa shape index (κ3) is 3.00. The van der Waals surface area contributed by atoms with Crippen LogP contribution in [0.2, 0.25) is 0 Å². The first kappa shape index (κ1) is 11.5. The summed E-state index contributed by atoms with van der Waals surface area (Å²) in [5, 5.41) is 0. The van der Waals surface area contributed by atoms with Crippen molar-refractivity contribution >= 4 is 5.69 Å². The molecule has 0 spiro atoms. The Morgan fingerprint density at radius 3 is 2.35 bits per heavy atom. The van der Waals surface area contributed by atoms with Gasteiger partial charge >= 0.3 is 0 Å². The van der Waals surface area contributed by atoms with Gasteiger partial charge in [0.05, 0.1) is 0 Å². The second-order valence-corrected chi connectivity index (χ2v) is 4.29. The second kappa shape index (κ2) is 4.91. The molecule has 2 aromatic rings. The van der Waals surface area contributed by atoms with Crippen molar-refractivity contribution in [2.24, 2.45) is 0 Å². The molecule has 0 amide bonds. The number of rotatable bonds is 3. The Bertz CT molecular complexity index is 503. The van der Waals surface area contributed by atoms with E-state index in [9.17, 15) is 0 Å². The van der Waals surface area contributed by atoms with Gasteiger partial charge in [-0.15, -0.1) is 0 Å². The van der Waals surface area contributed by atoms with Crippen LogP contribution in [-0.2, 0) is 6.61 Å². The maximum absolute atomic E-state index is 5.83. The van der Waals surface area contributed by atoms with Crippen molar-refractivity contribution in [1.29, 1.82) is 0 Å². The summed E-state index contributed by atoms with van der Waals surface area (Å²) in [5.41, 5.74) is 10.1. The molecule has 17 heavy (non-hydrogen) atoms. The average Bonchev–Trinajstić information content (AvgIpc) is 2.33. The van der Waals surface area contributed by atoms with Crippen molar-refractivity contribution in [2.75, 3.05) is 5.73 Å². The van der Waals surface area contributed by atoms with Crippen LogP contribution in [0.3, 0.4) is 0 Å². The molecule has 2 nitrogen and oxygen atoms in total. The van der Waals surface area contributed by atoms with Crippen molar-refractivity contribution in [3.8, 4) is 5.75 Å². The molecule has 0 heterocycles. The number of anilines is 1. The highest BCUT2D eigenvalue weighted by molar-refractivity contribution is 5.50. The average molecular weight is 227 g/mol. The first-order valence-electron chi connectivity index (χ1n) is 5.69. The zero-order valence-corrected chi connectivity index (χ0v) is 10.2. The summed E-state index contributed by atoms with van der Waals surface area (Å²) >= 11 is 0. The fraction of sp³-hybridized carbons (Fsp3) is 0.200. The topological polar surface area (TPSA) is 35.2 Å². The fourth-order valence-electron chi connectivity index (χ4n) is 1.56. The molecule has 0 aliphatic rings. The zero-order valence-electron chi connectivity index (χ0n) is 10.2. The predicted octanol–water partition coefficient (Wildman–Crippen LogP) is 3.46. The monoisotopic (exact) mass is 227 g/mol. The zero-order chi connectivity index (χ0) is 12.3. The molecule has 0 atom stereocenters. The lowest BCUT2D eigenvalue weighted by atomic mass is 10.1. The van der Waals surface area contributed by atoms with E-state index in [4.69, 9.17) is 10.5 Å². The lowest BCUT2D eigenvalue weighted by molar-refractivity contribution is 0.306. The highest BCUT2D eigenvalue weighted by atomic mass is 16.5. The molecule has 0 saturated carbocycles. The minimum atomic E-state index is 0.572. The molecule has 0 saturated heterocycles. The van der Waals surface area contributed by atoms with Crippen LogP contribution >= 0.6 is 0 Å². The van der Waals surface area contributed by atoms with E-state index in [1.807, 2.05) is 25.1 Å². The van der Waals surface area contributed by atoms with Gasteiger partial charge in [0.2, 0.25) is 0 Å². The van der Waals surface area contributed by atoms with Crippen LogP contribution in [0.25, 0.3) is 0 Å². The molecule has 0 radical (unpaired) electrons. The van der Waals surface area contributed by atoms with E-state index in [2.05, 4.69) is 31.2 Å². The van der Waals surface area contributed by atoms with Crippen LogP contribution in [0.5, 0.6) is 5.75 Å². The minimum Gasteiger partial charge on any atom is -0.489 e. The number of ether oxygens (including phenoxy) is 1. The summed E-state index contributed by atoms with van der Waals surface area (Å²) in [5.74, 6) is 0.814. The minimum absolute atomic E-state index is 0.572. The van der Waals surface area contributed by atoms with E-state index >= 15 is 0 Å². The number of hydrogen-bond donors (Lipinski definition) is 1. The molecule has 0 fully saturated rings. The Labute approximate surface area is 102 Å². The van der Waals surface area contributed by atoms with Gasteiger partial charge in [-0.1, -0.05) is 35.9 Å². The predicted molar refractivity (Wildman–Crippen MR) is 71.1 cm³/mol. The van der Waals surface area contributed by atoms with Gasteiger partial charge in [-0.05, 0) is 31.0 Å². The fourth-order valence-corrected chi connectivity index (χ4v) is 1.56.